The van der Waals surface area contributed by atoms with Gasteiger partial charge in [-0.15, -0.1) is 0 Å². The van der Waals surface area contributed by atoms with E-state index in [-0.39, 0.29) is 0 Å². The minimum Gasteiger partial charge on any atom is -0.389 e. The Balaban J connectivity index is 3.34. The molecule has 4 nitrogen and oxygen atoms in total. The summed E-state index contributed by atoms with van der Waals surface area (Å²) in [4.78, 5) is 0. The van der Waals surface area contributed by atoms with Crippen LogP contribution in [0.1, 0.15) is 6.92 Å². The Morgan fingerprint density at radius 3 is 1.45 bits per heavy atom. The second-order valence-corrected chi connectivity index (χ2v) is 4.82. The van der Waals surface area contributed by atoms with Crippen molar-refractivity contribution in [2.45, 2.75) is 55.2 Å². The number of nitrogens with zero attached hydrogens (tertiary/aromatic N) is 1. The van der Waals surface area contributed by atoms with Crippen molar-refractivity contribution in [2.24, 2.45) is 0 Å². The van der Waals surface area contributed by atoms with Gasteiger partial charge < -0.3 is 15.4 Å². The van der Waals surface area contributed by atoms with Gasteiger partial charge in [-0.05, 0) is 6.92 Å². The first-order chi connectivity index (χ1) is 9.51. The molecule has 1 aliphatic heterocycles. The van der Waals surface area contributed by atoms with Crippen molar-refractivity contribution in [3.05, 3.63) is 0 Å². The Bertz CT molecular complexity index is 413. The van der Waals surface area contributed by atoms with Crippen molar-refractivity contribution in [1.29, 1.82) is 0 Å². The zero-order valence-corrected chi connectivity index (χ0v) is 10.5. The van der Waals surface area contributed by atoms with Crippen LogP contribution in [-0.4, -0.2) is 68.7 Å². The van der Waals surface area contributed by atoms with Crippen LogP contribution >= 0.6 is 0 Å². The van der Waals surface area contributed by atoms with Crippen molar-refractivity contribution in [3.63, 3.8) is 0 Å². The molecule has 13 heteroatoms. The molecule has 0 amide bonds. The van der Waals surface area contributed by atoms with Crippen LogP contribution in [0, 0.1) is 0 Å². The lowest BCUT2D eigenvalue weighted by atomic mass is 9.94. The smallest absolute Gasteiger partial charge is 0.389 e. The van der Waals surface area contributed by atoms with E-state index < -0.39 is 53.3 Å². The summed E-state index contributed by atoms with van der Waals surface area (Å²) < 4.78 is 115. The summed E-state index contributed by atoms with van der Waals surface area (Å²) in [6, 6.07) is -5.37. The molecular weight excluding hydrogens is 341 g/mol. The van der Waals surface area contributed by atoms with E-state index in [0.717, 1.165) is 6.92 Å². The largest absolute Gasteiger partial charge is 0.460 e. The quantitative estimate of drug-likeness (QED) is 0.677. The lowest BCUT2D eigenvalue weighted by Crippen LogP contribution is -2.67. The van der Waals surface area contributed by atoms with Crippen molar-refractivity contribution in [3.8, 4) is 0 Å². The van der Waals surface area contributed by atoms with E-state index in [9.17, 15) is 44.6 Å². The molecule has 0 unspecified atom stereocenters. The van der Waals surface area contributed by atoms with E-state index >= 15 is 0 Å². The molecule has 0 spiro atoms. The predicted octanol–water partition coefficient (Wildman–Crippen LogP) is 1.64. The van der Waals surface area contributed by atoms with Crippen molar-refractivity contribution in [1.82, 2.24) is 5.06 Å². The maximum Gasteiger partial charge on any atom is 0.460 e. The number of rotatable bonds is 3. The third-order valence-electron chi connectivity index (χ3n) is 3.41. The zero-order valence-electron chi connectivity index (χ0n) is 10.5. The minimum absolute atomic E-state index is 0.754. The fraction of sp³-hybridized carbons (Fsp3) is 1.00. The number of aliphatic hydroxyl groups is 2. The number of hydroxylamine groups is 2. The van der Waals surface area contributed by atoms with Gasteiger partial charge in [-0.25, -0.2) is 0 Å². The van der Waals surface area contributed by atoms with Crippen LogP contribution in [-0.2, 0) is 0 Å². The number of halogens is 9. The Kier molecular flexibility index (Phi) is 4.47. The van der Waals surface area contributed by atoms with E-state index in [4.69, 9.17) is 10.3 Å². The molecule has 0 aromatic heterocycles. The average molecular weight is 351 g/mol. The molecule has 4 atom stereocenters. The first kappa shape index (κ1) is 19.3. The highest BCUT2D eigenvalue weighted by molar-refractivity contribution is 5.11. The van der Waals surface area contributed by atoms with Crippen molar-refractivity contribution >= 4 is 0 Å². The van der Waals surface area contributed by atoms with Gasteiger partial charge in [0.05, 0.1) is 12.1 Å². The van der Waals surface area contributed by atoms with E-state index in [1.807, 2.05) is 0 Å². The summed E-state index contributed by atoms with van der Waals surface area (Å²) in [7, 11) is 0. The van der Waals surface area contributed by atoms with Crippen LogP contribution in [0.3, 0.4) is 0 Å². The molecule has 1 saturated heterocycles. The summed E-state index contributed by atoms with van der Waals surface area (Å²) in [6.45, 7) is 0.754. The molecule has 1 rings (SSSR count). The summed E-state index contributed by atoms with van der Waals surface area (Å²) in [6.07, 6.45) is -12.2. The van der Waals surface area contributed by atoms with Crippen LogP contribution in [0.25, 0.3) is 0 Å². The standard InChI is InChI=1S/C9H10F9NO3/c1-2-3(20)4(21)5(19(2)22)6(10,11)7(12,13)8(14,15)9(16,17)18/h2-5,20-22H,1H3/t2-,3+,4+,5+/m0/s1. The lowest BCUT2D eigenvalue weighted by Gasteiger charge is -2.38. The molecular formula is C9H10F9NO3. The second kappa shape index (κ2) is 5.11. The molecule has 1 heterocycles. The number of hydrogen-bond acceptors (Lipinski definition) is 4. The zero-order chi connectivity index (χ0) is 17.9. The summed E-state index contributed by atoms with van der Waals surface area (Å²) in [5.74, 6) is -20.3. The highest BCUT2D eigenvalue weighted by Gasteiger charge is 2.84. The molecule has 0 bridgehead atoms. The molecule has 1 fully saturated rings. The van der Waals surface area contributed by atoms with Gasteiger partial charge in [0.25, 0.3) is 0 Å². The van der Waals surface area contributed by atoms with E-state index in [0.29, 0.717) is 0 Å². The van der Waals surface area contributed by atoms with Gasteiger partial charge in [0.1, 0.15) is 12.1 Å². The molecule has 3 N–H and O–H groups in total. The van der Waals surface area contributed by atoms with Crippen LogP contribution in [0.2, 0.25) is 0 Å². The van der Waals surface area contributed by atoms with E-state index in [1.165, 1.54) is 0 Å². The SMILES string of the molecule is C[C@H]1[C@@H](O)[C@@H](O)[C@H](C(F)(F)C(F)(F)C(F)(F)C(F)(F)F)N1O. The number of alkyl halides is 9. The molecule has 0 aromatic rings. The van der Waals surface area contributed by atoms with Crippen LogP contribution < -0.4 is 0 Å². The Morgan fingerprint density at radius 2 is 1.18 bits per heavy atom. The molecule has 22 heavy (non-hydrogen) atoms. The lowest BCUT2D eigenvalue weighted by molar-refractivity contribution is -0.409. The second-order valence-electron chi connectivity index (χ2n) is 4.82. The topological polar surface area (TPSA) is 63.9 Å². The molecule has 0 radical (unpaired) electrons. The molecule has 132 valence electrons. The van der Waals surface area contributed by atoms with E-state index in [2.05, 4.69) is 0 Å². The summed E-state index contributed by atoms with van der Waals surface area (Å²) in [5.41, 5.74) is 0. The molecule has 0 aromatic carbocycles. The molecule has 0 saturated carbocycles. The normalized spacial score (nSPS) is 32.6. The van der Waals surface area contributed by atoms with Crippen molar-refractivity contribution in [2.75, 3.05) is 0 Å². The molecule has 0 aliphatic carbocycles. The van der Waals surface area contributed by atoms with Gasteiger partial charge in [-0.1, -0.05) is 0 Å². The maximum atomic E-state index is 13.6. The summed E-state index contributed by atoms with van der Waals surface area (Å²) in [5, 5.41) is 26.7. The third kappa shape index (κ3) is 2.34. The van der Waals surface area contributed by atoms with Gasteiger partial charge in [0.2, 0.25) is 0 Å². The molecule has 1 aliphatic rings. The monoisotopic (exact) mass is 351 g/mol. The average Bonchev–Trinajstić information content (AvgIpc) is 2.52. The first-order valence-corrected chi connectivity index (χ1v) is 5.55. The highest BCUT2D eigenvalue weighted by atomic mass is 19.4. The Labute approximate surface area is 116 Å². The predicted molar refractivity (Wildman–Crippen MR) is 49.8 cm³/mol. The summed E-state index contributed by atoms with van der Waals surface area (Å²) >= 11 is 0. The third-order valence-corrected chi connectivity index (χ3v) is 3.41. The van der Waals surface area contributed by atoms with Gasteiger partial charge in [0, 0.05) is 0 Å². The van der Waals surface area contributed by atoms with Gasteiger partial charge in [-0.3, -0.25) is 0 Å². The fourth-order valence-corrected chi connectivity index (χ4v) is 1.99. The Hall–Kier alpha value is -0.790. The van der Waals surface area contributed by atoms with E-state index in [1.54, 1.807) is 0 Å². The van der Waals surface area contributed by atoms with Gasteiger partial charge in [-0.2, -0.15) is 44.6 Å². The first-order valence-electron chi connectivity index (χ1n) is 5.55. The maximum absolute atomic E-state index is 13.6. The van der Waals surface area contributed by atoms with Gasteiger partial charge >= 0.3 is 23.9 Å². The van der Waals surface area contributed by atoms with Crippen LogP contribution in [0.5, 0.6) is 0 Å². The highest BCUT2D eigenvalue weighted by Crippen LogP contribution is 2.55. The van der Waals surface area contributed by atoms with Crippen LogP contribution in [0.4, 0.5) is 39.5 Å². The van der Waals surface area contributed by atoms with Crippen LogP contribution in [0.15, 0.2) is 0 Å². The number of aliphatic hydroxyl groups excluding tert-OH is 2. The minimum atomic E-state index is -7.14. The Morgan fingerprint density at radius 1 is 0.773 bits per heavy atom. The van der Waals surface area contributed by atoms with Gasteiger partial charge in [0.15, 0.2) is 0 Å². The number of hydrogen-bond donors (Lipinski definition) is 3. The fourth-order valence-electron chi connectivity index (χ4n) is 1.99. The van der Waals surface area contributed by atoms with Crippen molar-refractivity contribution < 1.29 is 54.9 Å².